The van der Waals surface area contributed by atoms with Crippen molar-refractivity contribution in [2.45, 2.75) is 58.4 Å². The number of imidazole rings is 1. The van der Waals surface area contributed by atoms with Crippen molar-refractivity contribution in [1.82, 2.24) is 24.6 Å². The van der Waals surface area contributed by atoms with Gasteiger partial charge in [0.2, 0.25) is 5.75 Å². The lowest BCUT2D eigenvalue weighted by atomic mass is 9.86. The van der Waals surface area contributed by atoms with E-state index in [9.17, 15) is 4.79 Å². The molecule has 3 aromatic rings. The van der Waals surface area contributed by atoms with Gasteiger partial charge in [-0.2, -0.15) is 9.78 Å². The Kier molecular flexibility index (Phi) is 8.01. The topological polar surface area (TPSA) is 79.3 Å². The van der Waals surface area contributed by atoms with Crippen molar-refractivity contribution < 1.29 is 4.74 Å². The van der Waals surface area contributed by atoms with Crippen molar-refractivity contribution >= 4 is 5.69 Å². The summed E-state index contributed by atoms with van der Waals surface area (Å²) in [5.74, 6) is 1.24. The number of aryl methyl sites for hydroxylation is 1. The summed E-state index contributed by atoms with van der Waals surface area (Å²) in [7, 11) is 0. The van der Waals surface area contributed by atoms with Gasteiger partial charge in [-0.1, -0.05) is 50.3 Å². The molecule has 192 valence electrons. The molecule has 0 spiro atoms. The molecule has 0 radical (unpaired) electrons. The average Bonchev–Trinajstić information content (AvgIpc) is 3.33. The van der Waals surface area contributed by atoms with Crippen LogP contribution >= 0.6 is 0 Å². The summed E-state index contributed by atoms with van der Waals surface area (Å²) in [6.07, 6.45) is 12.5. The van der Waals surface area contributed by atoms with Crippen molar-refractivity contribution in [2.24, 2.45) is 5.92 Å². The minimum absolute atomic E-state index is 0.189. The summed E-state index contributed by atoms with van der Waals surface area (Å²) in [6.45, 7) is 6.89. The molecular weight excluding hydrogens is 452 g/mol. The molecule has 36 heavy (non-hydrogen) atoms. The summed E-state index contributed by atoms with van der Waals surface area (Å²) in [5, 5.41) is 4.53. The zero-order chi connectivity index (χ0) is 24.7. The van der Waals surface area contributed by atoms with E-state index in [0.717, 1.165) is 67.8 Å². The maximum Gasteiger partial charge on any atom is 0.316 e. The maximum atomic E-state index is 13.6. The molecule has 0 bridgehead atoms. The molecule has 1 aliphatic carbocycles. The number of aromatic nitrogens is 4. The first-order valence-corrected chi connectivity index (χ1v) is 13.5. The van der Waals surface area contributed by atoms with E-state index in [4.69, 9.17) is 4.74 Å². The fraction of sp³-hybridized carbons (Fsp3) is 0.536. The van der Waals surface area contributed by atoms with E-state index in [1.165, 1.54) is 43.2 Å². The van der Waals surface area contributed by atoms with Gasteiger partial charge in [-0.15, -0.1) is 0 Å². The number of aromatic amines is 1. The fourth-order valence-electron chi connectivity index (χ4n) is 5.47. The molecule has 0 unspecified atom stereocenters. The standard InChI is InChI=1S/C28H38N6O2/c1-22-25(30-21-29-22)20-32-14-16-33(17-15-32)26-19-31-34(24-12-6-3-7-13-24)28(35)27(26)36-18-8-11-23-9-4-2-5-10-23/h3,6-7,12-13,19,21,23H,2,4-5,8-11,14-18,20H2,1H3,(H,29,30). The number of para-hydroxylation sites is 1. The van der Waals surface area contributed by atoms with Crippen molar-refractivity contribution in [3.8, 4) is 11.4 Å². The number of hydrogen-bond donors (Lipinski definition) is 1. The smallest absolute Gasteiger partial charge is 0.316 e. The third-order valence-electron chi connectivity index (χ3n) is 7.66. The van der Waals surface area contributed by atoms with Crippen molar-refractivity contribution in [3.05, 3.63) is 64.6 Å². The number of piperazine rings is 1. The van der Waals surface area contributed by atoms with Crippen LogP contribution in [0.5, 0.6) is 5.75 Å². The van der Waals surface area contributed by atoms with Crippen LogP contribution in [-0.4, -0.2) is 57.4 Å². The average molecular weight is 491 g/mol. The number of hydrogen-bond acceptors (Lipinski definition) is 6. The Labute approximate surface area is 213 Å². The number of H-pyrrole nitrogens is 1. The number of nitrogens with one attached hydrogen (secondary N) is 1. The number of anilines is 1. The summed E-state index contributed by atoms with van der Waals surface area (Å²) >= 11 is 0. The molecule has 1 saturated carbocycles. The van der Waals surface area contributed by atoms with Gasteiger partial charge in [0.25, 0.3) is 0 Å². The molecule has 2 aliphatic rings. The third-order valence-corrected chi connectivity index (χ3v) is 7.66. The van der Waals surface area contributed by atoms with E-state index >= 15 is 0 Å². The Morgan fingerprint density at radius 2 is 1.83 bits per heavy atom. The zero-order valence-electron chi connectivity index (χ0n) is 21.4. The second-order valence-electron chi connectivity index (χ2n) is 10.1. The molecule has 8 heteroatoms. The van der Waals surface area contributed by atoms with Gasteiger partial charge in [0.15, 0.2) is 0 Å². The predicted octanol–water partition coefficient (Wildman–Crippen LogP) is 4.33. The van der Waals surface area contributed by atoms with Gasteiger partial charge >= 0.3 is 5.56 Å². The highest BCUT2D eigenvalue weighted by molar-refractivity contribution is 5.57. The van der Waals surface area contributed by atoms with E-state index in [1.807, 2.05) is 30.3 Å². The number of benzene rings is 1. The van der Waals surface area contributed by atoms with Crippen LogP contribution in [0.4, 0.5) is 5.69 Å². The van der Waals surface area contributed by atoms with E-state index in [0.29, 0.717) is 12.4 Å². The predicted molar refractivity (Wildman–Crippen MR) is 142 cm³/mol. The van der Waals surface area contributed by atoms with E-state index < -0.39 is 0 Å². The van der Waals surface area contributed by atoms with Crippen molar-refractivity contribution in [2.75, 3.05) is 37.7 Å². The lowest BCUT2D eigenvalue weighted by Gasteiger charge is -2.36. The van der Waals surface area contributed by atoms with Crippen LogP contribution in [0.1, 0.15) is 56.3 Å². The first-order chi connectivity index (χ1) is 17.7. The molecule has 1 aliphatic heterocycles. The molecule has 1 saturated heterocycles. The monoisotopic (exact) mass is 490 g/mol. The fourth-order valence-corrected chi connectivity index (χ4v) is 5.47. The quantitative estimate of drug-likeness (QED) is 0.450. The summed E-state index contributed by atoms with van der Waals surface area (Å²) in [5.41, 5.74) is 3.58. The maximum absolute atomic E-state index is 13.6. The molecule has 1 N–H and O–H groups in total. The Morgan fingerprint density at radius 1 is 1.06 bits per heavy atom. The number of ether oxygens (including phenoxy) is 1. The molecule has 1 aromatic carbocycles. The van der Waals surface area contributed by atoms with Crippen molar-refractivity contribution in [1.29, 1.82) is 0 Å². The van der Waals surface area contributed by atoms with Crippen LogP contribution < -0.4 is 15.2 Å². The summed E-state index contributed by atoms with van der Waals surface area (Å²) in [6, 6.07) is 9.58. The first-order valence-electron chi connectivity index (χ1n) is 13.5. The lowest BCUT2D eigenvalue weighted by Crippen LogP contribution is -2.46. The SMILES string of the molecule is Cc1[nH]cnc1CN1CCN(c2cnn(-c3ccccc3)c(=O)c2OCCCC2CCCCC2)CC1. The van der Waals surface area contributed by atoms with Crippen LogP contribution in [0.25, 0.3) is 5.69 Å². The van der Waals surface area contributed by atoms with Gasteiger partial charge in [0, 0.05) is 38.4 Å². The summed E-state index contributed by atoms with van der Waals surface area (Å²) in [4.78, 5) is 25.8. The van der Waals surface area contributed by atoms with Gasteiger partial charge in [0.05, 0.1) is 30.5 Å². The molecule has 2 aromatic heterocycles. The van der Waals surface area contributed by atoms with Gasteiger partial charge < -0.3 is 14.6 Å². The molecule has 5 rings (SSSR count). The Balaban J connectivity index is 1.29. The van der Waals surface area contributed by atoms with Gasteiger partial charge in [0.1, 0.15) is 5.69 Å². The van der Waals surface area contributed by atoms with Crippen molar-refractivity contribution in [3.63, 3.8) is 0 Å². The van der Waals surface area contributed by atoms with E-state index in [-0.39, 0.29) is 5.56 Å². The molecule has 3 heterocycles. The van der Waals surface area contributed by atoms with E-state index in [1.54, 1.807) is 12.5 Å². The lowest BCUT2D eigenvalue weighted by molar-refractivity contribution is 0.243. The molecule has 0 amide bonds. The summed E-state index contributed by atoms with van der Waals surface area (Å²) < 4.78 is 7.71. The molecule has 8 nitrogen and oxygen atoms in total. The van der Waals surface area contributed by atoms with Gasteiger partial charge in [-0.3, -0.25) is 9.69 Å². The Hall–Kier alpha value is -3.13. The number of nitrogens with zero attached hydrogens (tertiary/aromatic N) is 5. The normalized spacial score (nSPS) is 17.4. The Bertz CT molecular complexity index is 1160. The largest absolute Gasteiger partial charge is 0.486 e. The zero-order valence-corrected chi connectivity index (χ0v) is 21.4. The minimum Gasteiger partial charge on any atom is -0.486 e. The molecule has 0 atom stereocenters. The second kappa shape index (κ2) is 11.7. The number of rotatable bonds is 9. The highest BCUT2D eigenvalue weighted by atomic mass is 16.5. The highest BCUT2D eigenvalue weighted by Gasteiger charge is 2.24. The van der Waals surface area contributed by atoms with Crippen LogP contribution in [0, 0.1) is 12.8 Å². The molecular formula is C28H38N6O2. The second-order valence-corrected chi connectivity index (χ2v) is 10.1. The first kappa shape index (κ1) is 24.6. The van der Waals surface area contributed by atoms with Crippen LogP contribution in [0.15, 0.2) is 47.7 Å². The molecule has 2 fully saturated rings. The highest BCUT2D eigenvalue weighted by Crippen LogP contribution is 2.29. The van der Waals surface area contributed by atoms with Crippen LogP contribution in [0.2, 0.25) is 0 Å². The van der Waals surface area contributed by atoms with Crippen LogP contribution in [-0.2, 0) is 6.54 Å². The van der Waals surface area contributed by atoms with E-state index in [2.05, 4.69) is 31.8 Å². The third kappa shape index (κ3) is 5.81. The minimum atomic E-state index is -0.189. The Morgan fingerprint density at radius 3 is 2.56 bits per heavy atom. The van der Waals surface area contributed by atoms with Gasteiger partial charge in [-0.25, -0.2) is 4.98 Å². The van der Waals surface area contributed by atoms with Crippen LogP contribution in [0.3, 0.4) is 0 Å². The van der Waals surface area contributed by atoms with Gasteiger partial charge in [-0.05, 0) is 37.8 Å².